The summed E-state index contributed by atoms with van der Waals surface area (Å²) in [4.78, 5) is 0. The van der Waals surface area contributed by atoms with E-state index in [4.69, 9.17) is 0 Å². The minimum absolute atomic E-state index is 1.11. The number of benzene rings is 2. The molecule has 0 radical (unpaired) electrons. The van der Waals surface area contributed by atoms with Gasteiger partial charge in [0, 0.05) is 21.7 Å². The van der Waals surface area contributed by atoms with Crippen molar-refractivity contribution in [3.8, 4) is 5.69 Å². The Hall–Kier alpha value is -1.54. The number of hydrogen-bond acceptors (Lipinski definition) is 0. The number of halogens is 1. The molecule has 1 aromatic heterocycles. The van der Waals surface area contributed by atoms with Gasteiger partial charge >= 0.3 is 0 Å². The fourth-order valence-corrected chi connectivity index (χ4v) is 2.26. The van der Waals surface area contributed by atoms with E-state index in [-0.39, 0.29) is 0 Å². The Bertz CT molecular complexity index is 626. The zero-order valence-electron chi connectivity index (χ0n) is 8.60. The molecule has 0 fully saturated rings. The highest BCUT2D eigenvalue weighted by molar-refractivity contribution is 9.10. The monoisotopic (exact) mass is 271 g/mol. The van der Waals surface area contributed by atoms with Crippen molar-refractivity contribution in [2.75, 3.05) is 0 Å². The SMILES string of the molecule is Brc1ccc2ccn(-c3ccccc3)c2c1. The molecule has 3 rings (SSSR count). The molecule has 0 aliphatic heterocycles. The molecular weight excluding hydrogens is 262 g/mol. The predicted molar refractivity (Wildman–Crippen MR) is 71.0 cm³/mol. The van der Waals surface area contributed by atoms with Crippen molar-refractivity contribution in [1.29, 1.82) is 0 Å². The molecule has 0 atom stereocenters. The van der Waals surface area contributed by atoms with Gasteiger partial charge in [-0.15, -0.1) is 0 Å². The fourth-order valence-electron chi connectivity index (χ4n) is 1.92. The second-order valence-corrected chi connectivity index (χ2v) is 4.64. The maximum atomic E-state index is 3.51. The Kier molecular flexibility index (Phi) is 2.29. The number of aromatic nitrogens is 1. The molecule has 78 valence electrons. The highest BCUT2D eigenvalue weighted by Crippen LogP contribution is 2.23. The third-order valence-corrected chi connectivity index (χ3v) is 3.18. The van der Waals surface area contributed by atoms with Gasteiger partial charge in [-0.25, -0.2) is 0 Å². The molecule has 0 aliphatic rings. The molecule has 2 aromatic carbocycles. The minimum Gasteiger partial charge on any atom is -0.317 e. The average molecular weight is 272 g/mol. The summed E-state index contributed by atoms with van der Waals surface area (Å²) in [5.41, 5.74) is 2.41. The molecule has 1 nitrogen and oxygen atoms in total. The Morgan fingerprint density at radius 1 is 0.875 bits per heavy atom. The van der Waals surface area contributed by atoms with Gasteiger partial charge in [0.05, 0.1) is 5.52 Å². The number of hydrogen-bond donors (Lipinski definition) is 0. The number of para-hydroxylation sites is 1. The molecule has 0 unspecified atom stereocenters. The zero-order valence-corrected chi connectivity index (χ0v) is 10.2. The maximum Gasteiger partial charge on any atom is 0.0539 e. The highest BCUT2D eigenvalue weighted by Gasteiger charge is 2.02. The van der Waals surface area contributed by atoms with Crippen LogP contribution in [0.25, 0.3) is 16.6 Å². The lowest BCUT2D eigenvalue weighted by molar-refractivity contribution is 1.13. The molecule has 0 aliphatic carbocycles. The van der Waals surface area contributed by atoms with Crippen molar-refractivity contribution in [2.45, 2.75) is 0 Å². The van der Waals surface area contributed by atoms with E-state index in [9.17, 15) is 0 Å². The van der Waals surface area contributed by atoms with Gasteiger partial charge in [0.25, 0.3) is 0 Å². The Morgan fingerprint density at radius 2 is 1.69 bits per heavy atom. The summed E-state index contributed by atoms with van der Waals surface area (Å²) in [7, 11) is 0. The van der Waals surface area contributed by atoms with Gasteiger partial charge in [0.2, 0.25) is 0 Å². The Labute approximate surface area is 102 Å². The normalized spacial score (nSPS) is 10.8. The zero-order chi connectivity index (χ0) is 11.0. The summed E-state index contributed by atoms with van der Waals surface area (Å²) in [6, 6.07) is 18.8. The van der Waals surface area contributed by atoms with E-state index in [0.717, 1.165) is 4.47 Å². The van der Waals surface area contributed by atoms with Gasteiger partial charge in [0.15, 0.2) is 0 Å². The lowest BCUT2D eigenvalue weighted by Gasteiger charge is -2.05. The van der Waals surface area contributed by atoms with Crippen LogP contribution in [0.2, 0.25) is 0 Å². The van der Waals surface area contributed by atoms with Crippen molar-refractivity contribution >= 4 is 26.8 Å². The van der Waals surface area contributed by atoms with E-state index < -0.39 is 0 Å². The summed E-state index contributed by atoms with van der Waals surface area (Å²) in [6.07, 6.45) is 2.10. The third kappa shape index (κ3) is 1.55. The molecule has 16 heavy (non-hydrogen) atoms. The van der Waals surface area contributed by atoms with E-state index in [2.05, 4.69) is 75.2 Å². The van der Waals surface area contributed by atoms with Crippen LogP contribution in [-0.4, -0.2) is 4.57 Å². The van der Waals surface area contributed by atoms with E-state index in [1.54, 1.807) is 0 Å². The van der Waals surface area contributed by atoms with Gasteiger partial charge in [-0.3, -0.25) is 0 Å². The fraction of sp³-hybridized carbons (Fsp3) is 0. The lowest BCUT2D eigenvalue weighted by Crippen LogP contribution is -1.90. The smallest absolute Gasteiger partial charge is 0.0539 e. The topological polar surface area (TPSA) is 4.93 Å². The molecule has 0 saturated heterocycles. The quantitative estimate of drug-likeness (QED) is 0.619. The Balaban J connectivity index is 2.29. The second-order valence-electron chi connectivity index (χ2n) is 3.72. The van der Waals surface area contributed by atoms with Crippen LogP contribution in [0, 0.1) is 0 Å². The van der Waals surface area contributed by atoms with Crippen LogP contribution < -0.4 is 0 Å². The minimum atomic E-state index is 1.11. The number of rotatable bonds is 1. The van der Waals surface area contributed by atoms with Gasteiger partial charge in [-0.2, -0.15) is 0 Å². The van der Waals surface area contributed by atoms with E-state index in [0.29, 0.717) is 0 Å². The van der Waals surface area contributed by atoms with Crippen LogP contribution in [0.4, 0.5) is 0 Å². The van der Waals surface area contributed by atoms with Crippen molar-refractivity contribution in [2.24, 2.45) is 0 Å². The average Bonchev–Trinajstić information content (AvgIpc) is 2.73. The molecule has 0 spiro atoms. The van der Waals surface area contributed by atoms with E-state index in [1.807, 2.05) is 6.07 Å². The molecule has 2 heteroatoms. The molecule has 0 amide bonds. The second kappa shape index (κ2) is 3.80. The third-order valence-electron chi connectivity index (χ3n) is 2.69. The van der Waals surface area contributed by atoms with Crippen molar-refractivity contribution in [1.82, 2.24) is 4.57 Å². The lowest BCUT2D eigenvalue weighted by atomic mass is 10.2. The molecule has 0 bridgehead atoms. The van der Waals surface area contributed by atoms with Gasteiger partial charge < -0.3 is 4.57 Å². The van der Waals surface area contributed by atoms with Crippen molar-refractivity contribution in [3.05, 3.63) is 65.3 Å². The molecule has 3 aromatic rings. The molecule has 0 N–H and O–H groups in total. The Morgan fingerprint density at radius 3 is 2.50 bits per heavy atom. The number of fused-ring (bicyclic) bond motifs is 1. The first-order valence-electron chi connectivity index (χ1n) is 5.17. The van der Waals surface area contributed by atoms with Gasteiger partial charge in [-0.1, -0.05) is 40.2 Å². The van der Waals surface area contributed by atoms with E-state index >= 15 is 0 Å². The van der Waals surface area contributed by atoms with Crippen LogP contribution >= 0.6 is 15.9 Å². The first-order valence-corrected chi connectivity index (χ1v) is 5.96. The van der Waals surface area contributed by atoms with Crippen molar-refractivity contribution < 1.29 is 0 Å². The van der Waals surface area contributed by atoms with Crippen molar-refractivity contribution in [3.63, 3.8) is 0 Å². The van der Waals surface area contributed by atoms with Crippen LogP contribution in [0.15, 0.2) is 65.3 Å². The number of nitrogens with zero attached hydrogens (tertiary/aromatic N) is 1. The van der Waals surface area contributed by atoms with Gasteiger partial charge in [0.1, 0.15) is 0 Å². The standard InChI is InChI=1S/C14H10BrN/c15-12-7-6-11-8-9-16(14(11)10-12)13-4-2-1-3-5-13/h1-10H. The van der Waals surface area contributed by atoms with Crippen LogP contribution in [-0.2, 0) is 0 Å². The van der Waals surface area contributed by atoms with Crippen LogP contribution in [0.1, 0.15) is 0 Å². The summed E-state index contributed by atoms with van der Waals surface area (Å²) in [5.74, 6) is 0. The summed E-state index contributed by atoms with van der Waals surface area (Å²) in [6.45, 7) is 0. The predicted octanol–water partition coefficient (Wildman–Crippen LogP) is 4.39. The first kappa shape index (κ1) is 9.67. The highest BCUT2D eigenvalue weighted by atomic mass is 79.9. The van der Waals surface area contributed by atoms with E-state index in [1.165, 1.54) is 16.6 Å². The summed E-state index contributed by atoms with van der Waals surface area (Å²) in [5, 5.41) is 1.26. The van der Waals surface area contributed by atoms with Crippen LogP contribution in [0.3, 0.4) is 0 Å². The molecule has 0 saturated carbocycles. The largest absolute Gasteiger partial charge is 0.317 e. The molecule has 1 heterocycles. The summed E-state index contributed by atoms with van der Waals surface area (Å²) >= 11 is 3.51. The van der Waals surface area contributed by atoms with Gasteiger partial charge in [-0.05, 0) is 30.3 Å². The van der Waals surface area contributed by atoms with Crippen LogP contribution in [0.5, 0.6) is 0 Å². The summed E-state index contributed by atoms with van der Waals surface area (Å²) < 4.78 is 3.30. The molecular formula is C14H10BrN. The first-order chi connectivity index (χ1) is 7.84. The maximum absolute atomic E-state index is 3.51.